The van der Waals surface area contributed by atoms with E-state index in [2.05, 4.69) is 0 Å². The lowest BCUT2D eigenvalue weighted by atomic mass is 10.1. The molecule has 3 aromatic carbocycles. The van der Waals surface area contributed by atoms with Gasteiger partial charge in [-0.15, -0.1) is 0 Å². The molecule has 1 aliphatic heterocycles. The second-order valence-electron chi connectivity index (χ2n) is 7.09. The SMILES string of the molecule is COc1cc(/C=C2/SC(=S)N(c3ccccc3C)C2=O)ccc1OCc1ccccc1Cl. The van der Waals surface area contributed by atoms with Crippen LogP contribution in [0.2, 0.25) is 5.02 Å². The number of hydrogen-bond donors (Lipinski definition) is 0. The molecule has 0 aliphatic carbocycles. The zero-order valence-corrected chi connectivity index (χ0v) is 19.9. The normalized spacial score (nSPS) is 14.8. The summed E-state index contributed by atoms with van der Waals surface area (Å²) in [6.07, 6.45) is 1.82. The van der Waals surface area contributed by atoms with E-state index in [1.54, 1.807) is 12.0 Å². The molecule has 0 saturated carbocycles. The van der Waals surface area contributed by atoms with Crippen LogP contribution in [0, 0.1) is 6.92 Å². The van der Waals surface area contributed by atoms with E-state index >= 15 is 0 Å². The number of carbonyl (C=O) groups is 1. The Labute approximate surface area is 201 Å². The van der Waals surface area contributed by atoms with Crippen LogP contribution in [-0.4, -0.2) is 17.3 Å². The van der Waals surface area contributed by atoms with E-state index in [9.17, 15) is 4.79 Å². The third-order valence-electron chi connectivity index (χ3n) is 4.98. The Kier molecular flexibility index (Phi) is 6.84. The van der Waals surface area contributed by atoms with Gasteiger partial charge in [0.25, 0.3) is 5.91 Å². The van der Waals surface area contributed by atoms with Crippen molar-refractivity contribution in [2.24, 2.45) is 0 Å². The summed E-state index contributed by atoms with van der Waals surface area (Å²) >= 11 is 13.0. The lowest BCUT2D eigenvalue weighted by molar-refractivity contribution is -0.113. The number of carbonyl (C=O) groups excluding carboxylic acids is 1. The van der Waals surface area contributed by atoms with E-state index in [1.165, 1.54) is 11.8 Å². The molecule has 0 atom stereocenters. The van der Waals surface area contributed by atoms with E-state index in [1.807, 2.05) is 79.7 Å². The first-order valence-electron chi connectivity index (χ1n) is 9.86. The number of para-hydroxylation sites is 1. The molecule has 0 bridgehead atoms. The number of amides is 1. The largest absolute Gasteiger partial charge is 0.493 e. The molecule has 4 rings (SSSR count). The zero-order chi connectivity index (χ0) is 22.7. The number of rotatable bonds is 6. The highest BCUT2D eigenvalue weighted by Gasteiger charge is 2.34. The van der Waals surface area contributed by atoms with Crippen molar-refractivity contribution in [2.75, 3.05) is 12.0 Å². The fraction of sp³-hybridized carbons (Fsp3) is 0.120. The number of thiocarbonyl (C=S) groups is 1. The maximum atomic E-state index is 13.1. The quantitative estimate of drug-likeness (QED) is 0.291. The Balaban J connectivity index is 1.55. The Bertz CT molecular complexity index is 1230. The maximum absolute atomic E-state index is 13.1. The highest BCUT2D eigenvalue weighted by molar-refractivity contribution is 8.27. The van der Waals surface area contributed by atoms with E-state index in [0.717, 1.165) is 22.4 Å². The lowest BCUT2D eigenvalue weighted by Crippen LogP contribution is -2.28. The summed E-state index contributed by atoms with van der Waals surface area (Å²) in [5.41, 5.74) is 3.50. The minimum Gasteiger partial charge on any atom is -0.493 e. The molecule has 1 heterocycles. The standard InChI is InChI=1S/C25H20ClNO3S2/c1-16-7-3-6-10-20(16)27-24(28)23(32-25(27)31)14-17-11-12-21(22(13-17)29-2)30-15-18-8-4-5-9-19(18)26/h3-14H,15H2,1-2H3/b23-14+. The second-order valence-corrected chi connectivity index (χ2v) is 9.18. The van der Waals surface area contributed by atoms with Crippen LogP contribution in [0.4, 0.5) is 5.69 Å². The summed E-state index contributed by atoms with van der Waals surface area (Å²) in [6.45, 7) is 2.29. The fourth-order valence-electron chi connectivity index (χ4n) is 3.31. The van der Waals surface area contributed by atoms with Gasteiger partial charge in [0.1, 0.15) is 6.61 Å². The van der Waals surface area contributed by atoms with Crippen molar-refractivity contribution >= 4 is 57.6 Å². The molecule has 1 fully saturated rings. The highest BCUT2D eigenvalue weighted by Crippen LogP contribution is 2.38. The van der Waals surface area contributed by atoms with Gasteiger partial charge in [0.2, 0.25) is 0 Å². The monoisotopic (exact) mass is 481 g/mol. The van der Waals surface area contributed by atoms with Gasteiger partial charge < -0.3 is 9.47 Å². The molecule has 4 nitrogen and oxygen atoms in total. The van der Waals surface area contributed by atoms with Gasteiger partial charge >= 0.3 is 0 Å². The summed E-state index contributed by atoms with van der Waals surface area (Å²) in [5, 5.41) is 0.652. The van der Waals surface area contributed by atoms with Crippen molar-refractivity contribution < 1.29 is 14.3 Å². The Hall–Kier alpha value is -2.80. The number of ether oxygens (including phenoxy) is 2. The van der Waals surface area contributed by atoms with Gasteiger partial charge in [-0.2, -0.15) is 0 Å². The summed E-state index contributed by atoms with van der Waals surface area (Å²) in [6, 6.07) is 20.8. The number of aryl methyl sites for hydroxylation is 1. The van der Waals surface area contributed by atoms with Crippen molar-refractivity contribution in [2.45, 2.75) is 13.5 Å². The molecule has 0 N–H and O–H groups in total. The van der Waals surface area contributed by atoms with Crippen LogP contribution in [0.15, 0.2) is 71.6 Å². The van der Waals surface area contributed by atoms with E-state index in [-0.39, 0.29) is 5.91 Å². The van der Waals surface area contributed by atoms with Crippen molar-refractivity contribution in [1.29, 1.82) is 0 Å². The molecule has 1 saturated heterocycles. The third kappa shape index (κ3) is 4.67. The van der Waals surface area contributed by atoms with Gasteiger partial charge in [-0.1, -0.05) is 78.0 Å². The highest BCUT2D eigenvalue weighted by atomic mass is 35.5. The predicted molar refractivity (Wildman–Crippen MR) is 136 cm³/mol. The van der Waals surface area contributed by atoms with Crippen molar-refractivity contribution in [3.63, 3.8) is 0 Å². The number of hydrogen-bond acceptors (Lipinski definition) is 5. The first-order valence-corrected chi connectivity index (χ1v) is 11.5. The number of anilines is 1. The second kappa shape index (κ2) is 9.77. The van der Waals surface area contributed by atoms with Crippen LogP contribution in [0.3, 0.4) is 0 Å². The zero-order valence-electron chi connectivity index (χ0n) is 17.5. The average molecular weight is 482 g/mol. The Morgan fingerprint density at radius 3 is 2.56 bits per heavy atom. The number of benzene rings is 3. The number of thioether (sulfide) groups is 1. The lowest BCUT2D eigenvalue weighted by Gasteiger charge is -2.16. The molecule has 0 unspecified atom stereocenters. The topological polar surface area (TPSA) is 38.8 Å². The van der Waals surface area contributed by atoms with Gasteiger partial charge in [0.05, 0.1) is 17.7 Å². The molecule has 1 amide bonds. The number of methoxy groups -OCH3 is 1. The molecule has 0 radical (unpaired) electrons. The van der Waals surface area contributed by atoms with Gasteiger partial charge in [0, 0.05) is 10.6 Å². The molecule has 162 valence electrons. The van der Waals surface area contributed by atoms with Crippen molar-refractivity contribution in [1.82, 2.24) is 0 Å². The molecule has 7 heteroatoms. The van der Waals surface area contributed by atoms with Gasteiger partial charge in [-0.3, -0.25) is 9.69 Å². The van der Waals surface area contributed by atoms with Crippen LogP contribution in [0.5, 0.6) is 11.5 Å². The van der Waals surface area contributed by atoms with Crippen molar-refractivity contribution in [3.05, 3.63) is 93.3 Å². The molecule has 3 aromatic rings. The Morgan fingerprint density at radius 2 is 1.81 bits per heavy atom. The molecule has 1 aliphatic rings. The minimum atomic E-state index is -0.132. The van der Waals surface area contributed by atoms with E-state index in [0.29, 0.717) is 32.4 Å². The predicted octanol–water partition coefficient (Wildman–Crippen LogP) is 6.64. The summed E-state index contributed by atoms with van der Waals surface area (Å²) in [5.74, 6) is 1.03. The first-order chi connectivity index (χ1) is 15.5. The van der Waals surface area contributed by atoms with Gasteiger partial charge in [-0.05, 0) is 48.4 Å². The minimum absolute atomic E-state index is 0.132. The number of nitrogens with zero attached hydrogens (tertiary/aromatic N) is 1. The summed E-state index contributed by atoms with van der Waals surface area (Å²) in [7, 11) is 1.58. The van der Waals surface area contributed by atoms with Crippen molar-refractivity contribution in [3.8, 4) is 11.5 Å². The smallest absolute Gasteiger partial charge is 0.270 e. The fourth-order valence-corrected chi connectivity index (χ4v) is 4.78. The number of halogens is 1. The Morgan fingerprint density at radius 1 is 1.06 bits per heavy atom. The van der Waals surface area contributed by atoms with E-state index in [4.69, 9.17) is 33.3 Å². The first kappa shape index (κ1) is 22.4. The summed E-state index contributed by atoms with van der Waals surface area (Å²) in [4.78, 5) is 15.2. The molecule has 0 spiro atoms. The van der Waals surface area contributed by atoms with Crippen LogP contribution in [0.1, 0.15) is 16.7 Å². The third-order valence-corrected chi connectivity index (χ3v) is 6.65. The van der Waals surface area contributed by atoms with Crippen LogP contribution >= 0.6 is 35.6 Å². The molecular formula is C25H20ClNO3S2. The molecule has 0 aromatic heterocycles. The summed E-state index contributed by atoms with van der Waals surface area (Å²) < 4.78 is 11.9. The van der Waals surface area contributed by atoms with Crippen LogP contribution < -0.4 is 14.4 Å². The molecular weight excluding hydrogens is 462 g/mol. The average Bonchev–Trinajstić information content (AvgIpc) is 3.06. The maximum Gasteiger partial charge on any atom is 0.270 e. The molecule has 32 heavy (non-hydrogen) atoms. The van der Waals surface area contributed by atoms with Gasteiger partial charge in [0.15, 0.2) is 15.8 Å². The van der Waals surface area contributed by atoms with Gasteiger partial charge in [-0.25, -0.2) is 0 Å². The van der Waals surface area contributed by atoms with Crippen LogP contribution in [0.25, 0.3) is 6.08 Å². The van der Waals surface area contributed by atoms with Crippen LogP contribution in [-0.2, 0) is 11.4 Å². The van der Waals surface area contributed by atoms with E-state index < -0.39 is 0 Å².